The average molecular weight is 185 g/mol. The van der Waals surface area contributed by atoms with E-state index < -0.39 is 6.17 Å². The van der Waals surface area contributed by atoms with Crippen LogP contribution in [0, 0.1) is 0 Å². The van der Waals surface area contributed by atoms with Gasteiger partial charge in [0.25, 0.3) is 0 Å². The van der Waals surface area contributed by atoms with Crippen LogP contribution in [0.25, 0.3) is 0 Å². The monoisotopic (exact) mass is 185 g/mol. The Kier molecular flexibility index (Phi) is 3.20. The Hall–Kier alpha value is -0.110. The fourth-order valence-corrected chi connectivity index (χ4v) is 2.68. The molecule has 1 aliphatic carbocycles. The smallest absolute Gasteiger partial charge is 0.103 e. The van der Waals surface area contributed by atoms with E-state index in [9.17, 15) is 4.39 Å². The maximum Gasteiger partial charge on any atom is 0.103 e. The van der Waals surface area contributed by atoms with Gasteiger partial charge in [0.15, 0.2) is 0 Å². The van der Waals surface area contributed by atoms with Gasteiger partial charge in [-0.15, -0.1) is 0 Å². The second-order valence-electron chi connectivity index (χ2n) is 4.50. The van der Waals surface area contributed by atoms with Gasteiger partial charge in [-0.2, -0.15) is 0 Å². The second-order valence-corrected chi connectivity index (χ2v) is 4.50. The molecule has 0 N–H and O–H groups in total. The SMILES string of the molecule is FC1CCN(C2CCCCC2)CC1. The largest absolute Gasteiger partial charge is 0.300 e. The Morgan fingerprint density at radius 1 is 0.846 bits per heavy atom. The molecule has 2 heteroatoms. The summed E-state index contributed by atoms with van der Waals surface area (Å²) in [6, 6.07) is 0.793. The molecule has 0 aromatic rings. The number of nitrogens with zero attached hydrogens (tertiary/aromatic N) is 1. The van der Waals surface area contributed by atoms with Crippen LogP contribution in [-0.2, 0) is 0 Å². The normalized spacial score (nSPS) is 29.3. The maximum atomic E-state index is 12.9. The molecule has 1 saturated heterocycles. The van der Waals surface area contributed by atoms with Gasteiger partial charge < -0.3 is 4.90 Å². The topological polar surface area (TPSA) is 3.24 Å². The molecule has 13 heavy (non-hydrogen) atoms. The molecule has 1 aliphatic heterocycles. The minimum atomic E-state index is -0.514. The zero-order valence-corrected chi connectivity index (χ0v) is 8.34. The van der Waals surface area contributed by atoms with Crippen molar-refractivity contribution in [3.8, 4) is 0 Å². The Balaban J connectivity index is 1.79. The summed E-state index contributed by atoms with van der Waals surface area (Å²) in [5.41, 5.74) is 0. The van der Waals surface area contributed by atoms with Crippen LogP contribution in [0.1, 0.15) is 44.9 Å². The average Bonchev–Trinajstić information content (AvgIpc) is 2.20. The Morgan fingerprint density at radius 2 is 1.46 bits per heavy atom. The van der Waals surface area contributed by atoms with Crippen molar-refractivity contribution in [2.24, 2.45) is 0 Å². The highest BCUT2D eigenvalue weighted by molar-refractivity contribution is 4.80. The van der Waals surface area contributed by atoms with Crippen LogP contribution in [0.15, 0.2) is 0 Å². The third kappa shape index (κ3) is 2.43. The number of halogens is 1. The highest BCUT2D eigenvalue weighted by atomic mass is 19.1. The molecule has 2 fully saturated rings. The van der Waals surface area contributed by atoms with Crippen molar-refractivity contribution in [3.63, 3.8) is 0 Å². The van der Waals surface area contributed by atoms with Gasteiger partial charge in [-0.3, -0.25) is 0 Å². The van der Waals surface area contributed by atoms with E-state index in [2.05, 4.69) is 4.90 Å². The zero-order chi connectivity index (χ0) is 9.10. The van der Waals surface area contributed by atoms with Crippen LogP contribution in [0.3, 0.4) is 0 Å². The summed E-state index contributed by atoms with van der Waals surface area (Å²) in [7, 11) is 0. The van der Waals surface area contributed by atoms with Crippen LogP contribution < -0.4 is 0 Å². The number of alkyl halides is 1. The molecule has 0 unspecified atom stereocenters. The fourth-order valence-electron chi connectivity index (χ4n) is 2.68. The van der Waals surface area contributed by atoms with Crippen molar-refractivity contribution in [3.05, 3.63) is 0 Å². The predicted octanol–water partition coefficient (Wildman–Crippen LogP) is 2.75. The number of hydrogen-bond donors (Lipinski definition) is 0. The lowest BCUT2D eigenvalue weighted by molar-refractivity contribution is 0.0914. The Bertz CT molecular complexity index is 146. The third-order valence-electron chi connectivity index (χ3n) is 3.55. The van der Waals surface area contributed by atoms with Crippen molar-refractivity contribution < 1.29 is 4.39 Å². The molecule has 0 bridgehead atoms. The van der Waals surface area contributed by atoms with Gasteiger partial charge in [-0.1, -0.05) is 19.3 Å². The lowest BCUT2D eigenvalue weighted by Crippen LogP contribution is -2.42. The summed E-state index contributed by atoms with van der Waals surface area (Å²) < 4.78 is 12.9. The highest BCUT2D eigenvalue weighted by Crippen LogP contribution is 2.25. The van der Waals surface area contributed by atoms with E-state index in [-0.39, 0.29) is 0 Å². The molecule has 0 radical (unpaired) electrons. The number of hydrogen-bond acceptors (Lipinski definition) is 1. The summed E-state index contributed by atoms with van der Waals surface area (Å²) in [5, 5.41) is 0. The first-order valence-electron chi connectivity index (χ1n) is 5.74. The van der Waals surface area contributed by atoms with E-state index in [1.54, 1.807) is 0 Å². The summed E-state index contributed by atoms with van der Waals surface area (Å²) >= 11 is 0. The minimum absolute atomic E-state index is 0.514. The molecule has 1 nitrogen and oxygen atoms in total. The molecule has 0 amide bonds. The maximum absolute atomic E-state index is 12.9. The van der Waals surface area contributed by atoms with E-state index in [1.165, 1.54) is 32.1 Å². The van der Waals surface area contributed by atoms with Gasteiger partial charge in [-0.05, 0) is 25.7 Å². The third-order valence-corrected chi connectivity index (χ3v) is 3.55. The van der Waals surface area contributed by atoms with Gasteiger partial charge in [-0.25, -0.2) is 4.39 Å². The Labute approximate surface area is 80.3 Å². The molecule has 1 heterocycles. The molecule has 2 rings (SSSR count). The van der Waals surface area contributed by atoms with Gasteiger partial charge >= 0.3 is 0 Å². The van der Waals surface area contributed by atoms with Crippen molar-refractivity contribution in [2.45, 2.75) is 57.2 Å². The fraction of sp³-hybridized carbons (Fsp3) is 1.00. The van der Waals surface area contributed by atoms with Crippen LogP contribution >= 0.6 is 0 Å². The van der Waals surface area contributed by atoms with E-state index in [0.29, 0.717) is 0 Å². The highest BCUT2D eigenvalue weighted by Gasteiger charge is 2.25. The van der Waals surface area contributed by atoms with E-state index in [0.717, 1.165) is 32.0 Å². The van der Waals surface area contributed by atoms with E-state index >= 15 is 0 Å². The molecule has 0 atom stereocenters. The first-order valence-corrected chi connectivity index (χ1v) is 5.74. The van der Waals surface area contributed by atoms with Crippen molar-refractivity contribution in [1.82, 2.24) is 4.90 Å². The predicted molar refractivity (Wildman–Crippen MR) is 52.6 cm³/mol. The first kappa shape index (κ1) is 9.45. The standard InChI is InChI=1S/C11H20FN/c12-10-6-8-13(9-7-10)11-4-2-1-3-5-11/h10-11H,1-9H2. The second kappa shape index (κ2) is 4.41. The summed E-state index contributed by atoms with van der Waals surface area (Å²) in [5.74, 6) is 0. The molecule has 0 aromatic carbocycles. The summed E-state index contributed by atoms with van der Waals surface area (Å²) in [6.45, 7) is 2.01. The number of rotatable bonds is 1. The van der Waals surface area contributed by atoms with Gasteiger partial charge in [0, 0.05) is 19.1 Å². The Morgan fingerprint density at radius 3 is 2.08 bits per heavy atom. The van der Waals surface area contributed by atoms with Crippen LogP contribution in [0.4, 0.5) is 4.39 Å². The van der Waals surface area contributed by atoms with Crippen LogP contribution in [0.2, 0.25) is 0 Å². The molecule has 0 spiro atoms. The summed E-state index contributed by atoms with van der Waals surface area (Å²) in [6.07, 6.45) is 7.94. The molecular weight excluding hydrogens is 165 g/mol. The van der Waals surface area contributed by atoms with E-state index in [4.69, 9.17) is 0 Å². The lowest BCUT2D eigenvalue weighted by atomic mass is 9.92. The number of piperidine rings is 1. The molecular formula is C11H20FN. The first-order chi connectivity index (χ1) is 6.36. The molecule has 2 aliphatic rings. The number of likely N-dealkylation sites (tertiary alicyclic amines) is 1. The van der Waals surface area contributed by atoms with Crippen LogP contribution in [-0.4, -0.2) is 30.2 Å². The minimum Gasteiger partial charge on any atom is -0.300 e. The van der Waals surface area contributed by atoms with Crippen LogP contribution in [0.5, 0.6) is 0 Å². The lowest BCUT2D eigenvalue weighted by Gasteiger charge is -2.37. The quantitative estimate of drug-likeness (QED) is 0.607. The summed E-state index contributed by atoms with van der Waals surface area (Å²) in [4.78, 5) is 2.52. The van der Waals surface area contributed by atoms with Gasteiger partial charge in [0.2, 0.25) is 0 Å². The molecule has 76 valence electrons. The zero-order valence-electron chi connectivity index (χ0n) is 8.34. The van der Waals surface area contributed by atoms with E-state index in [1.807, 2.05) is 0 Å². The molecule has 0 aromatic heterocycles. The van der Waals surface area contributed by atoms with Crippen molar-refractivity contribution in [1.29, 1.82) is 0 Å². The van der Waals surface area contributed by atoms with Crippen molar-refractivity contribution >= 4 is 0 Å². The van der Waals surface area contributed by atoms with Gasteiger partial charge in [0.1, 0.15) is 6.17 Å². The van der Waals surface area contributed by atoms with Gasteiger partial charge in [0.05, 0.1) is 0 Å². The molecule has 1 saturated carbocycles. The van der Waals surface area contributed by atoms with Crippen molar-refractivity contribution in [2.75, 3.05) is 13.1 Å².